The Hall–Kier alpha value is -0.340. The number of aliphatic hydroxyl groups is 1. The Balaban J connectivity index is 1.84. The van der Waals surface area contributed by atoms with E-state index in [4.69, 9.17) is 5.11 Å². The molecule has 19 heavy (non-hydrogen) atoms. The van der Waals surface area contributed by atoms with Crippen LogP contribution in [0.5, 0.6) is 0 Å². The van der Waals surface area contributed by atoms with Gasteiger partial charge in [-0.3, -0.25) is 0 Å². The van der Waals surface area contributed by atoms with Crippen molar-refractivity contribution < 1.29 is 9.59 Å². The number of nitrogens with zero attached hydrogens (tertiary/aromatic N) is 1. The van der Waals surface area contributed by atoms with Crippen molar-refractivity contribution in [2.75, 3.05) is 33.3 Å². The lowest BCUT2D eigenvalue weighted by atomic mass is 10.1. The summed E-state index contributed by atoms with van der Waals surface area (Å²) in [7, 11) is 2.41. The van der Waals surface area contributed by atoms with Crippen LogP contribution in [-0.2, 0) is 0 Å². The zero-order valence-electron chi connectivity index (χ0n) is 12.9. The second kappa shape index (κ2) is 10.4. The van der Waals surface area contributed by atoms with E-state index in [0.29, 0.717) is 6.61 Å². The predicted octanol–water partition coefficient (Wildman–Crippen LogP) is 3.90. The first-order valence-corrected chi connectivity index (χ1v) is 8.36. The van der Waals surface area contributed by atoms with Gasteiger partial charge in [0.1, 0.15) is 0 Å². The fraction of sp³-hybridized carbons (Fsp3) is 0.882. The highest BCUT2D eigenvalue weighted by molar-refractivity contribution is 4.85. The number of quaternary nitrogens is 1. The van der Waals surface area contributed by atoms with Crippen molar-refractivity contribution in [2.45, 2.75) is 64.2 Å². The predicted molar refractivity (Wildman–Crippen MR) is 83.2 cm³/mol. The van der Waals surface area contributed by atoms with Crippen molar-refractivity contribution in [1.82, 2.24) is 0 Å². The molecule has 2 nitrogen and oxygen atoms in total. The smallest absolute Gasteiger partial charge is 0.0971 e. The molecule has 112 valence electrons. The minimum absolute atomic E-state index is 0.367. The molecule has 0 aromatic rings. The molecular formula is C17H34NO+. The van der Waals surface area contributed by atoms with Crippen LogP contribution in [-0.4, -0.2) is 42.9 Å². The number of rotatable bonds is 11. The van der Waals surface area contributed by atoms with E-state index in [1.54, 1.807) is 0 Å². The van der Waals surface area contributed by atoms with Gasteiger partial charge in [0.05, 0.1) is 26.7 Å². The largest absolute Gasteiger partial charge is 0.396 e. The van der Waals surface area contributed by atoms with Gasteiger partial charge in [0.25, 0.3) is 0 Å². The molecule has 0 saturated heterocycles. The van der Waals surface area contributed by atoms with Crippen LogP contribution < -0.4 is 0 Å². The van der Waals surface area contributed by atoms with Gasteiger partial charge in [-0.1, -0.05) is 44.6 Å². The summed E-state index contributed by atoms with van der Waals surface area (Å²) in [6.45, 7) is 4.30. The molecule has 1 unspecified atom stereocenters. The number of aliphatic hydroxyl groups excluding tert-OH is 1. The third-order valence-electron chi connectivity index (χ3n) is 4.40. The standard InChI is InChI=1S/C17H34NO/c1-18(15-11-9-12-16-18)14-10-7-5-3-2-4-6-8-13-17-19/h9,11,19H,2-8,10,12-17H2,1H3/q+1. The Morgan fingerprint density at radius 3 is 1.95 bits per heavy atom. The lowest BCUT2D eigenvalue weighted by molar-refractivity contribution is -0.905. The van der Waals surface area contributed by atoms with E-state index in [1.807, 2.05) is 0 Å². The van der Waals surface area contributed by atoms with E-state index in [2.05, 4.69) is 19.2 Å². The average Bonchev–Trinajstić information content (AvgIpc) is 2.42. The van der Waals surface area contributed by atoms with Crippen LogP contribution in [0.3, 0.4) is 0 Å². The van der Waals surface area contributed by atoms with E-state index >= 15 is 0 Å². The van der Waals surface area contributed by atoms with E-state index in [-0.39, 0.29) is 0 Å². The first kappa shape index (κ1) is 16.7. The summed E-state index contributed by atoms with van der Waals surface area (Å²) in [5, 5.41) is 8.69. The van der Waals surface area contributed by atoms with Gasteiger partial charge in [-0.05, 0) is 25.3 Å². The van der Waals surface area contributed by atoms with Crippen LogP contribution in [0.4, 0.5) is 0 Å². The molecule has 2 heteroatoms. The highest BCUT2D eigenvalue weighted by atomic mass is 16.2. The van der Waals surface area contributed by atoms with Crippen molar-refractivity contribution in [2.24, 2.45) is 0 Å². The quantitative estimate of drug-likeness (QED) is 0.342. The van der Waals surface area contributed by atoms with Crippen LogP contribution in [0.1, 0.15) is 64.2 Å². The van der Waals surface area contributed by atoms with E-state index in [1.165, 1.54) is 81.9 Å². The van der Waals surface area contributed by atoms with Crippen LogP contribution in [0.25, 0.3) is 0 Å². The molecule has 0 fully saturated rings. The van der Waals surface area contributed by atoms with Gasteiger partial charge in [-0.2, -0.15) is 0 Å². The van der Waals surface area contributed by atoms with E-state index in [9.17, 15) is 0 Å². The molecule has 0 aliphatic carbocycles. The van der Waals surface area contributed by atoms with Gasteiger partial charge >= 0.3 is 0 Å². The Kier molecular flexibility index (Phi) is 9.19. The summed E-state index contributed by atoms with van der Waals surface area (Å²) < 4.78 is 1.26. The highest BCUT2D eigenvalue weighted by Gasteiger charge is 2.20. The Bertz CT molecular complexity index is 239. The maximum absolute atomic E-state index is 8.69. The fourth-order valence-electron chi connectivity index (χ4n) is 2.97. The third-order valence-corrected chi connectivity index (χ3v) is 4.40. The minimum Gasteiger partial charge on any atom is -0.396 e. The molecule has 0 aromatic carbocycles. The van der Waals surface area contributed by atoms with E-state index in [0.717, 1.165) is 6.42 Å². The summed E-state index contributed by atoms with van der Waals surface area (Å²) in [5.74, 6) is 0. The second-order valence-electron chi connectivity index (χ2n) is 6.41. The van der Waals surface area contributed by atoms with Gasteiger partial charge in [0.15, 0.2) is 0 Å². The summed E-state index contributed by atoms with van der Waals surface area (Å²) in [6, 6.07) is 0. The highest BCUT2D eigenvalue weighted by Crippen LogP contribution is 2.14. The molecule has 1 N–H and O–H groups in total. The molecule has 1 aliphatic heterocycles. The molecular weight excluding hydrogens is 234 g/mol. The molecule has 0 radical (unpaired) electrons. The summed E-state index contributed by atoms with van der Waals surface area (Å²) in [4.78, 5) is 0. The maximum Gasteiger partial charge on any atom is 0.0971 e. The van der Waals surface area contributed by atoms with Crippen LogP contribution in [0.2, 0.25) is 0 Å². The van der Waals surface area contributed by atoms with Crippen LogP contribution >= 0.6 is 0 Å². The Morgan fingerprint density at radius 1 is 0.842 bits per heavy atom. The van der Waals surface area contributed by atoms with Gasteiger partial charge in [0.2, 0.25) is 0 Å². The second-order valence-corrected chi connectivity index (χ2v) is 6.41. The van der Waals surface area contributed by atoms with Gasteiger partial charge in [-0.15, -0.1) is 0 Å². The molecule has 1 atom stereocenters. The number of hydrogen-bond acceptors (Lipinski definition) is 1. The third kappa shape index (κ3) is 8.43. The summed E-state index contributed by atoms with van der Waals surface area (Å²) in [5.41, 5.74) is 0. The summed E-state index contributed by atoms with van der Waals surface area (Å²) >= 11 is 0. The SMILES string of the molecule is C[N+]1(CCCCCCCCCCCO)CC=CCC1. The first-order valence-electron chi connectivity index (χ1n) is 8.36. The lowest BCUT2D eigenvalue weighted by Gasteiger charge is -2.35. The first-order chi connectivity index (χ1) is 9.27. The number of hydrogen-bond donors (Lipinski definition) is 1. The minimum atomic E-state index is 0.367. The van der Waals surface area contributed by atoms with Crippen molar-refractivity contribution in [1.29, 1.82) is 0 Å². The van der Waals surface area contributed by atoms with Gasteiger partial charge in [0, 0.05) is 13.0 Å². The molecule has 1 aliphatic rings. The Morgan fingerprint density at radius 2 is 1.42 bits per heavy atom. The molecule has 0 spiro atoms. The van der Waals surface area contributed by atoms with Crippen molar-refractivity contribution in [3.05, 3.63) is 12.2 Å². The molecule has 1 heterocycles. The van der Waals surface area contributed by atoms with Gasteiger partial charge in [-0.25, -0.2) is 0 Å². The van der Waals surface area contributed by atoms with E-state index < -0.39 is 0 Å². The average molecular weight is 268 g/mol. The molecule has 0 amide bonds. The molecule has 1 rings (SSSR count). The molecule has 0 bridgehead atoms. The zero-order chi connectivity index (χ0) is 13.8. The monoisotopic (exact) mass is 268 g/mol. The molecule has 0 saturated carbocycles. The maximum atomic E-state index is 8.69. The Labute approximate surface area is 120 Å². The topological polar surface area (TPSA) is 20.2 Å². The van der Waals surface area contributed by atoms with Crippen molar-refractivity contribution in [3.63, 3.8) is 0 Å². The van der Waals surface area contributed by atoms with Crippen molar-refractivity contribution in [3.8, 4) is 0 Å². The normalized spacial score (nSPS) is 22.8. The zero-order valence-corrected chi connectivity index (χ0v) is 12.9. The van der Waals surface area contributed by atoms with Crippen LogP contribution in [0.15, 0.2) is 12.2 Å². The lowest BCUT2D eigenvalue weighted by Crippen LogP contribution is -2.46. The number of likely N-dealkylation sites (N-methyl/N-ethyl adjacent to an activating group) is 1. The fourth-order valence-corrected chi connectivity index (χ4v) is 2.97. The van der Waals surface area contributed by atoms with Crippen LogP contribution in [0, 0.1) is 0 Å². The summed E-state index contributed by atoms with van der Waals surface area (Å²) in [6.07, 6.45) is 17.8. The molecule has 0 aromatic heterocycles. The number of unbranched alkanes of at least 4 members (excludes halogenated alkanes) is 8. The van der Waals surface area contributed by atoms with Gasteiger partial charge < -0.3 is 9.59 Å². The van der Waals surface area contributed by atoms with Crippen molar-refractivity contribution >= 4 is 0 Å².